The van der Waals surface area contributed by atoms with Crippen LogP contribution in [0.5, 0.6) is 0 Å². The normalized spacial score (nSPS) is 14.0. The number of nitriles is 1. The van der Waals surface area contributed by atoms with Crippen molar-refractivity contribution in [3.8, 4) is 11.9 Å². The smallest absolute Gasteiger partial charge is 0.254 e. The highest BCUT2D eigenvalue weighted by molar-refractivity contribution is 5.94. The Bertz CT molecular complexity index is 968. The molecule has 0 bridgehead atoms. The van der Waals surface area contributed by atoms with Crippen LogP contribution in [0.25, 0.3) is 5.82 Å². The number of nitrogens with zero attached hydrogens (tertiary/aromatic N) is 7. The van der Waals surface area contributed by atoms with Crippen molar-refractivity contribution in [1.82, 2.24) is 24.6 Å². The summed E-state index contributed by atoms with van der Waals surface area (Å²) in [7, 11) is 0. The lowest BCUT2D eigenvalue weighted by atomic mass is 10.1. The second-order valence-electron chi connectivity index (χ2n) is 6.19. The first-order valence-corrected chi connectivity index (χ1v) is 8.61. The van der Waals surface area contributed by atoms with Crippen LogP contribution in [-0.4, -0.2) is 56.7 Å². The Balaban J connectivity index is 1.40. The van der Waals surface area contributed by atoms with E-state index < -0.39 is 0 Å². The lowest BCUT2D eigenvalue weighted by molar-refractivity contribution is 0.0746. The number of amides is 1. The summed E-state index contributed by atoms with van der Waals surface area (Å²) < 4.78 is 1.79. The highest BCUT2D eigenvalue weighted by Gasteiger charge is 2.23. The van der Waals surface area contributed by atoms with Crippen LogP contribution >= 0.6 is 0 Å². The average Bonchev–Trinajstić information content (AvgIpc) is 3.28. The third kappa shape index (κ3) is 3.48. The molecule has 1 saturated heterocycles. The predicted molar refractivity (Wildman–Crippen MR) is 98.4 cm³/mol. The number of imidazole rings is 1. The SMILES string of the molecule is N#Cc1cccc(C(=O)N2CCN(c3ccc(-n4ccnc4)nn3)CC2)c1. The number of rotatable bonds is 3. The monoisotopic (exact) mass is 359 g/mol. The Morgan fingerprint density at radius 1 is 1.04 bits per heavy atom. The number of hydrogen-bond acceptors (Lipinski definition) is 6. The third-order valence-electron chi connectivity index (χ3n) is 4.53. The minimum Gasteiger partial charge on any atom is -0.352 e. The van der Waals surface area contributed by atoms with E-state index in [0.717, 1.165) is 5.82 Å². The van der Waals surface area contributed by atoms with Crippen LogP contribution in [0.2, 0.25) is 0 Å². The van der Waals surface area contributed by atoms with E-state index in [-0.39, 0.29) is 5.91 Å². The molecule has 134 valence electrons. The molecule has 0 atom stereocenters. The minimum atomic E-state index is -0.0479. The lowest BCUT2D eigenvalue weighted by Crippen LogP contribution is -2.49. The van der Waals surface area contributed by atoms with Gasteiger partial charge in [0.1, 0.15) is 6.33 Å². The quantitative estimate of drug-likeness (QED) is 0.704. The van der Waals surface area contributed by atoms with Gasteiger partial charge in [0, 0.05) is 44.1 Å². The molecular formula is C19H17N7O. The van der Waals surface area contributed by atoms with E-state index in [4.69, 9.17) is 5.26 Å². The highest BCUT2D eigenvalue weighted by Crippen LogP contribution is 2.16. The van der Waals surface area contributed by atoms with Crippen molar-refractivity contribution >= 4 is 11.7 Å². The molecule has 0 saturated carbocycles. The summed E-state index contributed by atoms with van der Waals surface area (Å²) in [4.78, 5) is 20.6. The van der Waals surface area contributed by atoms with E-state index in [2.05, 4.69) is 26.2 Å². The Hall–Kier alpha value is -3.73. The molecule has 4 rings (SSSR count). The van der Waals surface area contributed by atoms with Crippen LogP contribution in [0.4, 0.5) is 5.82 Å². The number of aromatic nitrogens is 4. The van der Waals surface area contributed by atoms with Gasteiger partial charge in [0.05, 0.1) is 11.6 Å². The molecule has 8 heteroatoms. The van der Waals surface area contributed by atoms with Gasteiger partial charge in [-0.05, 0) is 30.3 Å². The van der Waals surface area contributed by atoms with Gasteiger partial charge in [0.2, 0.25) is 0 Å². The van der Waals surface area contributed by atoms with Crippen molar-refractivity contribution in [2.24, 2.45) is 0 Å². The highest BCUT2D eigenvalue weighted by atomic mass is 16.2. The fraction of sp³-hybridized carbons (Fsp3) is 0.211. The lowest BCUT2D eigenvalue weighted by Gasteiger charge is -2.35. The van der Waals surface area contributed by atoms with E-state index in [1.165, 1.54) is 0 Å². The summed E-state index contributed by atoms with van der Waals surface area (Å²) in [6.45, 7) is 2.56. The van der Waals surface area contributed by atoms with E-state index in [0.29, 0.717) is 43.1 Å². The molecule has 0 radical (unpaired) electrons. The van der Waals surface area contributed by atoms with E-state index in [1.54, 1.807) is 46.3 Å². The summed E-state index contributed by atoms with van der Waals surface area (Å²) in [6.07, 6.45) is 5.18. The zero-order chi connectivity index (χ0) is 18.6. The van der Waals surface area contributed by atoms with Gasteiger partial charge in [0.15, 0.2) is 11.6 Å². The van der Waals surface area contributed by atoms with Crippen molar-refractivity contribution in [1.29, 1.82) is 5.26 Å². The molecule has 0 spiro atoms. The topological polar surface area (TPSA) is 90.9 Å². The predicted octanol–water partition coefficient (Wildman–Crippen LogP) is 1.50. The molecule has 3 heterocycles. The summed E-state index contributed by atoms with van der Waals surface area (Å²) in [5.41, 5.74) is 1.04. The fourth-order valence-corrected chi connectivity index (χ4v) is 3.06. The first kappa shape index (κ1) is 16.7. The molecular weight excluding hydrogens is 342 g/mol. The molecule has 1 aliphatic heterocycles. The van der Waals surface area contributed by atoms with Crippen molar-refractivity contribution in [3.05, 3.63) is 66.2 Å². The van der Waals surface area contributed by atoms with E-state index in [9.17, 15) is 4.79 Å². The molecule has 27 heavy (non-hydrogen) atoms. The molecule has 1 amide bonds. The van der Waals surface area contributed by atoms with Crippen molar-refractivity contribution in [3.63, 3.8) is 0 Å². The molecule has 0 aliphatic carbocycles. The van der Waals surface area contributed by atoms with Gasteiger partial charge in [-0.15, -0.1) is 10.2 Å². The van der Waals surface area contributed by atoms with Crippen LogP contribution in [0.15, 0.2) is 55.1 Å². The number of anilines is 1. The summed E-state index contributed by atoms with van der Waals surface area (Å²) in [5, 5.41) is 17.5. The molecule has 1 fully saturated rings. The largest absolute Gasteiger partial charge is 0.352 e. The number of carbonyl (C=O) groups excluding carboxylic acids is 1. The van der Waals surface area contributed by atoms with Gasteiger partial charge >= 0.3 is 0 Å². The Morgan fingerprint density at radius 2 is 1.81 bits per heavy atom. The third-order valence-corrected chi connectivity index (χ3v) is 4.53. The number of benzene rings is 1. The van der Waals surface area contributed by atoms with Crippen molar-refractivity contribution < 1.29 is 4.79 Å². The molecule has 2 aromatic heterocycles. The van der Waals surface area contributed by atoms with Crippen molar-refractivity contribution in [2.45, 2.75) is 0 Å². The molecule has 1 aromatic carbocycles. The molecule has 0 N–H and O–H groups in total. The fourth-order valence-electron chi connectivity index (χ4n) is 3.06. The maximum atomic E-state index is 12.6. The second-order valence-corrected chi connectivity index (χ2v) is 6.19. The standard InChI is InChI=1S/C19H17N7O/c20-13-15-2-1-3-16(12-15)19(27)25-10-8-24(9-11-25)17-4-5-18(23-22-17)26-7-6-21-14-26/h1-7,12,14H,8-11H2. The molecule has 3 aromatic rings. The molecule has 8 nitrogen and oxygen atoms in total. The van der Waals surface area contributed by atoms with E-state index >= 15 is 0 Å². The van der Waals surface area contributed by atoms with Crippen LogP contribution < -0.4 is 4.90 Å². The van der Waals surface area contributed by atoms with Gasteiger partial charge in [-0.2, -0.15) is 5.26 Å². The maximum Gasteiger partial charge on any atom is 0.254 e. The number of hydrogen-bond donors (Lipinski definition) is 0. The molecule has 0 unspecified atom stereocenters. The minimum absolute atomic E-state index is 0.0479. The second kappa shape index (κ2) is 7.25. The Morgan fingerprint density at radius 3 is 2.48 bits per heavy atom. The number of carbonyl (C=O) groups is 1. The summed E-state index contributed by atoms with van der Waals surface area (Å²) in [6, 6.07) is 12.7. The molecule has 1 aliphatic rings. The van der Waals surface area contributed by atoms with Gasteiger partial charge in [0.25, 0.3) is 5.91 Å². The zero-order valence-electron chi connectivity index (χ0n) is 14.6. The first-order chi connectivity index (χ1) is 13.2. The van der Waals surface area contributed by atoms with Gasteiger partial charge in [-0.25, -0.2) is 4.98 Å². The summed E-state index contributed by atoms with van der Waals surface area (Å²) in [5.74, 6) is 1.45. The maximum absolute atomic E-state index is 12.6. The van der Waals surface area contributed by atoms with Crippen LogP contribution in [-0.2, 0) is 0 Å². The van der Waals surface area contributed by atoms with Gasteiger partial charge < -0.3 is 9.80 Å². The first-order valence-electron chi connectivity index (χ1n) is 8.61. The van der Waals surface area contributed by atoms with Crippen LogP contribution in [0.3, 0.4) is 0 Å². The average molecular weight is 359 g/mol. The van der Waals surface area contributed by atoms with Gasteiger partial charge in [-0.1, -0.05) is 6.07 Å². The van der Waals surface area contributed by atoms with E-state index in [1.807, 2.05) is 18.3 Å². The van der Waals surface area contributed by atoms with Crippen LogP contribution in [0, 0.1) is 11.3 Å². The zero-order valence-corrected chi connectivity index (χ0v) is 14.6. The van der Waals surface area contributed by atoms with Crippen LogP contribution in [0.1, 0.15) is 15.9 Å². The number of piperazine rings is 1. The Labute approximate surface area is 156 Å². The summed E-state index contributed by atoms with van der Waals surface area (Å²) >= 11 is 0. The Kier molecular flexibility index (Phi) is 4.49. The van der Waals surface area contributed by atoms with Crippen molar-refractivity contribution in [2.75, 3.05) is 31.1 Å². The van der Waals surface area contributed by atoms with Gasteiger partial charge in [-0.3, -0.25) is 9.36 Å².